The molecule has 3 aromatic rings. The molecule has 1 fully saturated rings. The molecule has 0 amide bonds. The maximum absolute atomic E-state index is 2.46. The van der Waals surface area contributed by atoms with E-state index >= 15 is 0 Å². The molecule has 1 heteroatoms. The van der Waals surface area contributed by atoms with Crippen LogP contribution in [0.15, 0.2) is 66.7 Å². The molecule has 1 saturated heterocycles. The zero-order valence-corrected chi connectivity index (χ0v) is 21.6. The SMILES string of the molecule is Cc1ccc(C2CC(c3ccccc3)CC(c3ccc(C)cc3C)P2CC(C)C)c(C)c1. The van der Waals surface area contributed by atoms with Gasteiger partial charge in [-0.15, -0.1) is 0 Å². The Balaban J connectivity index is 1.84. The fourth-order valence-corrected chi connectivity index (χ4v) is 9.94. The number of hydrogen-bond donors (Lipinski definition) is 0. The van der Waals surface area contributed by atoms with Crippen LogP contribution in [0.1, 0.15) is 82.9 Å². The van der Waals surface area contributed by atoms with Crippen LogP contribution in [0.4, 0.5) is 0 Å². The van der Waals surface area contributed by atoms with E-state index in [-0.39, 0.29) is 7.92 Å². The smallest absolute Gasteiger partial charge is 0.00558 e. The lowest BCUT2D eigenvalue weighted by Crippen LogP contribution is -2.21. The quantitative estimate of drug-likeness (QED) is 0.345. The lowest BCUT2D eigenvalue weighted by Gasteiger charge is -2.45. The maximum Gasteiger partial charge on any atom is 0.00558 e. The predicted molar refractivity (Wildman–Crippen MR) is 142 cm³/mol. The third kappa shape index (κ3) is 5.02. The van der Waals surface area contributed by atoms with Crippen LogP contribution in [0.3, 0.4) is 0 Å². The molecule has 4 rings (SSSR count). The second-order valence-electron chi connectivity index (χ2n) is 10.4. The maximum atomic E-state index is 2.46. The van der Waals surface area contributed by atoms with Crippen molar-refractivity contribution in [2.75, 3.05) is 6.16 Å². The van der Waals surface area contributed by atoms with Gasteiger partial charge in [0.1, 0.15) is 0 Å². The molecule has 2 unspecified atom stereocenters. The summed E-state index contributed by atoms with van der Waals surface area (Å²) in [5.74, 6) is 1.36. The highest BCUT2D eigenvalue weighted by Gasteiger charge is 2.40. The van der Waals surface area contributed by atoms with Crippen LogP contribution in [-0.4, -0.2) is 6.16 Å². The molecule has 0 aliphatic carbocycles. The van der Waals surface area contributed by atoms with E-state index in [4.69, 9.17) is 0 Å². The Hall–Kier alpha value is -1.91. The van der Waals surface area contributed by atoms with E-state index in [1.807, 2.05) is 0 Å². The highest BCUT2D eigenvalue weighted by Crippen LogP contribution is 2.71. The Morgan fingerprint density at radius 2 is 1.22 bits per heavy atom. The number of aryl methyl sites for hydroxylation is 4. The molecular formula is C31H39P. The van der Waals surface area contributed by atoms with E-state index in [0.29, 0.717) is 17.2 Å². The molecule has 0 saturated carbocycles. The second kappa shape index (κ2) is 9.93. The van der Waals surface area contributed by atoms with Gasteiger partial charge in [-0.05, 0) is 86.4 Å². The fraction of sp³-hybridized carbons (Fsp3) is 0.419. The monoisotopic (exact) mass is 442 g/mol. The highest BCUT2D eigenvalue weighted by atomic mass is 31.1. The van der Waals surface area contributed by atoms with Crippen molar-refractivity contribution >= 4 is 7.92 Å². The van der Waals surface area contributed by atoms with Gasteiger partial charge in [-0.3, -0.25) is 0 Å². The molecule has 0 spiro atoms. The van der Waals surface area contributed by atoms with Crippen molar-refractivity contribution in [2.24, 2.45) is 5.92 Å². The molecule has 0 aromatic heterocycles. The van der Waals surface area contributed by atoms with Crippen molar-refractivity contribution in [3.63, 3.8) is 0 Å². The molecule has 1 heterocycles. The first-order chi connectivity index (χ1) is 15.3. The first kappa shape index (κ1) is 23.3. The Labute approximate surface area is 197 Å². The molecule has 0 nitrogen and oxygen atoms in total. The molecule has 0 bridgehead atoms. The minimum atomic E-state index is -0.159. The molecule has 3 aromatic carbocycles. The first-order valence-electron chi connectivity index (χ1n) is 12.3. The molecule has 2 atom stereocenters. The molecule has 0 radical (unpaired) electrons. The van der Waals surface area contributed by atoms with Crippen molar-refractivity contribution in [3.05, 3.63) is 106 Å². The van der Waals surface area contributed by atoms with Gasteiger partial charge in [0, 0.05) is 11.3 Å². The van der Waals surface area contributed by atoms with Crippen LogP contribution >= 0.6 is 7.92 Å². The van der Waals surface area contributed by atoms with E-state index < -0.39 is 0 Å². The predicted octanol–water partition coefficient (Wildman–Crippen LogP) is 9.42. The largest absolute Gasteiger partial charge is 0.0910 e. The van der Waals surface area contributed by atoms with Crippen molar-refractivity contribution in [1.82, 2.24) is 0 Å². The van der Waals surface area contributed by atoms with Gasteiger partial charge in [0.05, 0.1) is 0 Å². The summed E-state index contributed by atoms with van der Waals surface area (Å²) in [5, 5.41) is 0. The third-order valence-electron chi connectivity index (χ3n) is 7.23. The zero-order chi connectivity index (χ0) is 22.8. The summed E-state index contributed by atoms with van der Waals surface area (Å²) in [6.07, 6.45) is 3.92. The lowest BCUT2D eigenvalue weighted by atomic mass is 9.84. The minimum absolute atomic E-state index is 0.159. The Morgan fingerprint density at radius 1 is 0.719 bits per heavy atom. The second-order valence-corrected chi connectivity index (χ2v) is 13.1. The van der Waals surface area contributed by atoms with Crippen LogP contribution in [-0.2, 0) is 0 Å². The zero-order valence-electron chi connectivity index (χ0n) is 20.7. The van der Waals surface area contributed by atoms with Crippen molar-refractivity contribution in [3.8, 4) is 0 Å². The highest BCUT2D eigenvalue weighted by molar-refractivity contribution is 7.58. The van der Waals surface area contributed by atoms with Gasteiger partial charge < -0.3 is 0 Å². The fourth-order valence-electron chi connectivity index (χ4n) is 5.81. The molecule has 168 valence electrons. The standard InChI is InChI=1S/C31H39P/c1-21(2)20-32-30(28-14-12-22(3)16-24(28)5)18-27(26-10-8-7-9-11-26)19-31(32)29-15-13-23(4)17-25(29)6/h7-17,21,27,30-31H,18-20H2,1-6H3. The molecule has 1 aliphatic rings. The van der Waals surface area contributed by atoms with Gasteiger partial charge in [-0.2, -0.15) is 0 Å². The normalized spacial score (nSPS) is 23.5. The Bertz CT molecular complexity index is 988. The van der Waals surface area contributed by atoms with Crippen molar-refractivity contribution in [1.29, 1.82) is 0 Å². The molecule has 32 heavy (non-hydrogen) atoms. The van der Waals surface area contributed by atoms with Gasteiger partial charge in [0.15, 0.2) is 0 Å². The summed E-state index contributed by atoms with van der Waals surface area (Å²) in [5.41, 5.74) is 11.8. The van der Waals surface area contributed by atoms with Gasteiger partial charge in [-0.25, -0.2) is 0 Å². The van der Waals surface area contributed by atoms with E-state index in [0.717, 1.165) is 5.92 Å². The number of hydrogen-bond acceptors (Lipinski definition) is 0. The molecule has 0 N–H and O–H groups in total. The van der Waals surface area contributed by atoms with Gasteiger partial charge in [-0.1, -0.05) is 99.6 Å². The van der Waals surface area contributed by atoms with Crippen LogP contribution in [0, 0.1) is 33.6 Å². The Morgan fingerprint density at radius 3 is 1.66 bits per heavy atom. The summed E-state index contributed by atoms with van der Waals surface area (Å²) in [4.78, 5) is 0. The summed E-state index contributed by atoms with van der Waals surface area (Å²) >= 11 is 0. The van der Waals surface area contributed by atoms with Crippen LogP contribution < -0.4 is 0 Å². The minimum Gasteiger partial charge on any atom is -0.0910 e. The number of rotatable bonds is 5. The van der Waals surface area contributed by atoms with Gasteiger partial charge in [0.25, 0.3) is 0 Å². The van der Waals surface area contributed by atoms with E-state index in [1.165, 1.54) is 46.8 Å². The summed E-state index contributed by atoms with van der Waals surface area (Å²) in [7, 11) is -0.159. The molecule has 1 aliphatic heterocycles. The van der Waals surface area contributed by atoms with E-state index in [2.05, 4.69) is 108 Å². The summed E-state index contributed by atoms with van der Waals surface area (Å²) in [6, 6.07) is 25.7. The van der Waals surface area contributed by atoms with Crippen molar-refractivity contribution < 1.29 is 0 Å². The average molecular weight is 443 g/mol. The van der Waals surface area contributed by atoms with Crippen LogP contribution in [0.2, 0.25) is 0 Å². The topological polar surface area (TPSA) is 0 Å². The van der Waals surface area contributed by atoms with E-state index in [9.17, 15) is 0 Å². The average Bonchev–Trinajstić information content (AvgIpc) is 2.75. The summed E-state index contributed by atoms with van der Waals surface area (Å²) in [6.45, 7) is 14.0. The first-order valence-corrected chi connectivity index (χ1v) is 13.9. The van der Waals surface area contributed by atoms with E-state index in [1.54, 1.807) is 11.1 Å². The summed E-state index contributed by atoms with van der Waals surface area (Å²) < 4.78 is 0. The Kier molecular flexibility index (Phi) is 7.21. The van der Waals surface area contributed by atoms with Gasteiger partial charge in [0.2, 0.25) is 0 Å². The van der Waals surface area contributed by atoms with Crippen molar-refractivity contribution in [2.45, 2.75) is 71.6 Å². The molecular weight excluding hydrogens is 403 g/mol. The lowest BCUT2D eigenvalue weighted by molar-refractivity contribution is 0.521. The van der Waals surface area contributed by atoms with Crippen LogP contribution in [0.5, 0.6) is 0 Å². The van der Waals surface area contributed by atoms with Crippen LogP contribution in [0.25, 0.3) is 0 Å². The number of benzene rings is 3. The van der Waals surface area contributed by atoms with Gasteiger partial charge >= 0.3 is 0 Å². The third-order valence-corrected chi connectivity index (χ3v) is 11.0.